The minimum Gasteiger partial charge on any atom is -0.322 e. The summed E-state index contributed by atoms with van der Waals surface area (Å²) in [4.78, 5) is 42.9. The van der Waals surface area contributed by atoms with Crippen molar-refractivity contribution in [1.29, 1.82) is 0 Å². The molecule has 6 heteroatoms. The molecule has 0 bridgehead atoms. The summed E-state index contributed by atoms with van der Waals surface area (Å²) < 4.78 is 0. The number of fused-ring (bicyclic) bond motifs is 3. The van der Waals surface area contributed by atoms with Gasteiger partial charge in [-0.1, -0.05) is 17.7 Å². The van der Waals surface area contributed by atoms with Crippen LogP contribution in [0.15, 0.2) is 42.5 Å². The van der Waals surface area contributed by atoms with Gasteiger partial charge in [-0.15, -0.1) is 0 Å². The predicted molar refractivity (Wildman–Crippen MR) is 114 cm³/mol. The number of hydrogen-bond acceptors (Lipinski definition) is 3. The highest BCUT2D eigenvalue weighted by Crippen LogP contribution is 2.40. The molecule has 0 radical (unpaired) electrons. The summed E-state index contributed by atoms with van der Waals surface area (Å²) in [6, 6.07) is 12.0. The number of carbonyl (C=O) groups is 3. The van der Waals surface area contributed by atoms with Crippen LogP contribution < -0.4 is 9.80 Å². The Kier molecular flexibility index (Phi) is 4.56. The highest BCUT2D eigenvalue weighted by atomic mass is 35.5. The van der Waals surface area contributed by atoms with Gasteiger partial charge in [0, 0.05) is 23.4 Å². The number of halogens is 1. The number of carbonyl (C=O) groups excluding carboxylic acids is 3. The van der Waals surface area contributed by atoms with E-state index in [2.05, 4.69) is 0 Å². The quantitative estimate of drug-likeness (QED) is 0.609. The number of nitrogens with one attached hydrogen (secondary N) is 1. The molecule has 5 atom stereocenters. The second kappa shape index (κ2) is 7.03. The van der Waals surface area contributed by atoms with Crippen LogP contribution in [0.3, 0.4) is 0 Å². The summed E-state index contributed by atoms with van der Waals surface area (Å²) in [6.45, 7) is 4.80. The van der Waals surface area contributed by atoms with E-state index in [1.807, 2.05) is 32.0 Å². The van der Waals surface area contributed by atoms with Crippen LogP contribution >= 0.6 is 11.6 Å². The van der Waals surface area contributed by atoms with Crippen molar-refractivity contribution in [3.63, 3.8) is 0 Å². The minimum absolute atomic E-state index is 0.0317. The molecule has 1 N–H and O–H groups in total. The van der Waals surface area contributed by atoms with Gasteiger partial charge in [-0.25, -0.2) is 4.90 Å². The van der Waals surface area contributed by atoms with Crippen LogP contribution in [0.2, 0.25) is 5.02 Å². The Hall–Kier alpha value is -2.50. The van der Waals surface area contributed by atoms with E-state index >= 15 is 0 Å². The third kappa shape index (κ3) is 2.76. The summed E-state index contributed by atoms with van der Waals surface area (Å²) in [6.07, 6.45) is 1.85. The molecule has 0 aromatic heterocycles. The number of ketones is 1. The summed E-state index contributed by atoms with van der Waals surface area (Å²) in [5, 5.41) is 0.565. The average Bonchev–Trinajstić information content (AvgIpc) is 3.36. The SMILES string of the molecule is Cc1ccc(N2C(=O)[C@@H]3[C@@H](C2=O)[C@@H](C(=O)c2ccc(Cl)cc2)[NH+]2CCC[C@H]32)cc1C. The van der Waals surface area contributed by atoms with Crippen molar-refractivity contribution in [2.24, 2.45) is 11.8 Å². The maximum Gasteiger partial charge on any atom is 0.244 e. The zero-order valence-electron chi connectivity index (χ0n) is 17.0. The van der Waals surface area contributed by atoms with E-state index in [9.17, 15) is 14.4 Å². The van der Waals surface area contributed by atoms with Crippen LogP contribution in [-0.4, -0.2) is 36.2 Å². The highest BCUT2D eigenvalue weighted by molar-refractivity contribution is 6.30. The fourth-order valence-electron chi connectivity index (χ4n) is 5.65. The van der Waals surface area contributed by atoms with Crippen molar-refractivity contribution >= 4 is 34.9 Å². The van der Waals surface area contributed by atoms with Gasteiger partial charge < -0.3 is 4.90 Å². The topological polar surface area (TPSA) is 58.9 Å². The smallest absolute Gasteiger partial charge is 0.244 e. The number of benzene rings is 2. The van der Waals surface area contributed by atoms with Gasteiger partial charge in [0.25, 0.3) is 0 Å². The van der Waals surface area contributed by atoms with Gasteiger partial charge in [0.2, 0.25) is 17.6 Å². The standard InChI is InChI=1S/C24H23ClN2O3/c1-13-5-10-17(12-14(13)2)27-23(29)19-18-4-3-11-26(18)21(20(19)24(27)30)22(28)15-6-8-16(25)9-7-15/h5-10,12,18-21H,3-4,11H2,1-2H3/p+1/t18-,19+,20-,21+/m1/s1. The summed E-state index contributed by atoms with van der Waals surface area (Å²) in [5.74, 6) is -1.46. The van der Waals surface area contributed by atoms with E-state index in [1.165, 1.54) is 4.90 Å². The number of quaternary nitrogens is 1. The molecular formula is C24H24ClN2O3+. The number of aryl methyl sites for hydroxylation is 2. The monoisotopic (exact) mass is 423 g/mol. The molecule has 2 amide bonds. The molecule has 154 valence electrons. The molecule has 30 heavy (non-hydrogen) atoms. The van der Waals surface area contributed by atoms with Gasteiger partial charge >= 0.3 is 0 Å². The summed E-state index contributed by atoms with van der Waals surface area (Å²) in [7, 11) is 0. The van der Waals surface area contributed by atoms with Crippen molar-refractivity contribution in [2.45, 2.75) is 38.8 Å². The lowest BCUT2D eigenvalue weighted by molar-refractivity contribution is -0.915. The van der Waals surface area contributed by atoms with Crippen LogP contribution in [0, 0.1) is 25.7 Å². The number of Topliss-reactive ketones (excluding diaryl/α,β-unsaturated/α-hetero) is 1. The van der Waals surface area contributed by atoms with Crippen LogP contribution in [0.4, 0.5) is 5.69 Å². The Morgan fingerprint density at radius 2 is 1.70 bits per heavy atom. The Balaban J connectivity index is 1.55. The second-order valence-electron chi connectivity index (χ2n) is 8.75. The minimum atomic E-state index is -0.595. The van der Waals surface area contributed by atoms with E-state index < -0.39 is 17.9 Å². The van der Waals surface area contributed by atoms with E-state index in [0.29, 0.717) is 16.3 Å². The molecule has 0 saturated carbocycles. The first-order valence-corrected chi connectivity index (χ1v) is 10.9. The fourth-order valence-corrected chi connectivity index (χ4v) is 5.78. The fraction of sp³-hybridized carbons (Fsp3) is 0.375. The highest BCUT2D eigenvalue weighted by Gasteiger charge is 2.68. The molecule has 1 unspecified atom stereocenters. The second-order valence-corrected chi connectivity index (χ2v) is 9.19. The summed E-state index contributed by atoms with van der Waals surface area (Å²) >= 11 is 5.99. The summed E-state index contributed by atoms with van der Waals surface area (Å²) in [5.41, 5.74) is 3.31. The lowest BCUT2D eigenvalue weighted by Gasteiger charge is -2.25. The number of amides is 2. The largest absolute Gasteiger partial charge is 0.322 e. The predicted octanol–water partition coefficient (Wildman–Crippen LogP) is 2.37. The van der Waals surface area contributed by atoms with Crippen LogP contribution in [-0.2, 0) is 9.59 Å². The third-order valence-corrected chi connectivity index (χ3v) is 7.46. The van der Waals surface area contributed by atoms with Gasteiger partial charge in [0.1, 0.15) is 17.9 Å². The molecule has 3 heterocycles. The van der Waals surface area contributed by atoms with E-state index in [4.69, 9.17) is 11.6 Å². The van der Waals surface area contributed by atoms with E-state index in [-0.39, 0.29) is 23.6 Å². The van der Waals surface area contributed by atoms with E-state index in [0.717, 1.165) is 35.4 Å². The first kappa shape index (κ1) is 19.5. The molecule has 3 aliphatic heterocycles. The van der Waals surface area contributed by atoms with Crippen LogP contribution in [0.1, 0.15) is 34.3 Å². The number of nitrogens with zero attached hydrogens (tertiary/aromatic N) is 1. The number of imide groups is 1. The Morgan fingerprint density at radius 3 is 2.40 bits per heavy atom. The zero-order chi connectivity index (χ0) is 21.2. The number of anilines is 1. The van der Waals surface area contributed by atoms with Crippen molar-refractivity contribution in [1.82, 2.24) is 0 Å². The van der Waals surface area contributed by atoms with Crippen molar-refractivity contribution in [3.8, 4) is 0 Å². The van der Waals surface area contributed by atoms with Crippen LogP contribution in [0.5, 0.6) is 0 Å². The zero-order valence-corrected chi connectivity index (χ0v) is 17.8. The maximum absolute atomic E-state index is 13.5. The molecule has 0 spiro atoms. The van der Waals surface area contributed by atoms with E-state index in [1.54, 1.807) is 24.3 Å². The first-order chi connectivity index (χ1) is 14.4. The van der Waals surface area contributed by atoms with Gasteiger partial charge in [-0.3, -0.25) is 14.4 Å². The normalized spacial score (nSPS) is 30.0. The molecular weight excluding hydrogens is 400 g/mol. The van der Waals surface area contributed by atoms with Gasteiger partial charge in [0.05, 0.1) is 12.2 Å². The lowest BCUT2D eigenvalue weighted by Crippen LogP contribution is -3.16. The lowest BCUT2D eigenvalue weighted by atomic mass is 9.85. The Bertz CT molecular complexity index is 1060. The van der Waals surface area contributed by atoms with Crippen molar-refractivity contribution in [3.05, 3.63) is 64.2 Å². The van der Waals surface area contributed by atoms with Crippen LogP contribution in [0.25, 0.3) is 0 Å². The Labute approximate surface area is 180 Å². The number of hydrogen-bond donors (Lipinski definition) is 1. The van der Waals surface area contributed by atoms with Crippen molar-refractivity contribution < 1.29 is 19.3 Å². The van der Waals surface area contributed by atoms with Gasteiger partial charge in [-0.05, 0) is 61.4 Å². The molecule has 3 fully saturated rings. The molecule has 5 rings (SSSR count). The molecule has 3 saturated heterocycles. The van der Waals surface area contributed by atoms with Gasteiger partial charge in [-0.2, -0.15) is 0 Å². The van der Waals surface area contributed by atoms with Gasteiger partial charge in [0.15, 0.2) is 6.04 Å². The van der Waals surface area contributed by atoms with Crippen molar-refractivity contribution in [2.75, 3.05) is 11.4 Å². The molecule has 5 nitrogen and oxygen atoms in total. The average molecular weight is 424 g/mol. The maximum atomic E-state index is 13.5. The number of rotatable bonds is 3. The molecule has 0 aliphatic carbocycles. The third-order valence-electron chi connectivity index (χ3n) is 7.21. The molecule has 3 aliphatic rings. The first-order valence-electron chi connectivity index (χ1n) is 10.5. The molecule has 2 aromatic carbocycles. The molecule has 2 aromatic rings. The Morgan fingerprint density at radius 1 is 1.00 bits per heavy atom.